The van der Waals surface area contributed by atoms with Crippen LogP contribution < -0.4 is 0 Å². The van der Waals surface area contributed by atoms with Crippen molar-refractivity contribution in [1.29, 1.82) is 0 Å². The van der Waals surface area contributed by atoms with Crippen LogP contribution in [-0.2, 0) is 0 Å². The van der Waals surface area contributed by atoms with E-state index in [1.165, 1.54) is 25.7 Å². The summed E-state index contributed by atoms with van der Waals surface area (Å²) in [5, 5.41) is 1.04. The topological polar surface area (TPSA) is 32.9 Å². The highest BCUT2D eigenvalue weighted by Gasteiger charge is 2.24. The van der Waals surface area contributed by atoms with Crippen LogP contribution in [-0.4, -0.2) is 10.8 Å². The number of aromatic amines is 1. The number of rotatable bonds is 2. The molecular formula is C16H18BrNO. The van der Waals surface area contributed by atoms with Crippen molar-refractivity contribution in [2.24, 2.45) is 5.92 Å². The van der Waals surface area contributed by atoms with Gasteiger partial charge in [0.05, 0.1) is 0 Å². The molecule has 0 atom stereocenters. The van der Waals surface area contributed by atoms with Crippen LogP contribution in [0.15, 0.2) is 28.9 Å². The summed E-state index contributed by atoms with van der Waals surface area (Å²) in [6, 6.07) is 6.01. The summed E-state index contributed by atoms with van der Waals surface area (Å²) >= 11 is 3.56. The summed E-state index contributed by atoms with van der Waals surface area (Å²) in [4.78, 5) is 16.0. The van der Waals surface area contributed by atoms with Crippen molar-refractivity contribution >= 4 is 32.6 Å². The average molecular weight is 320 g/mol. The molecular weight excluding hydrogens is 302 g/mol. The molecule has 1 aliphatic rings. The average Bonchev–Trinajstić information content (AvgIpc) is 2.67. The van der Waals surface area contributed by atoms with E-state index in [-0.39, 0.29) is 5.92 Å². The fraction of sp³-hybridized carbons (Fsp3) is 0.438. The Morgan fingerprint density at radius 3 is 2.63 bits per heavy atom. The molecule has 1 fully saturated rings. The number of benzene rings is 1. The quantitative estimate of drug-likeness (QED) is 0.607. The van der Waals surface area contributed by atoms with Crippen LogP contribution in [0.5, 0.6) is 0 Å². The van der Waals surface area contributed by atoms with E-state index in [1.807, 2.05) is 24.4 Å². The van der Waals surface area contributed by atoms with Crippen LogP contribution in [0.4, 0.5) is 0 Å². The van der Waals surface area contributed by atoms with Crippen LogP contribution in [0.25, 0.3) is 10.9 Å². The van der Waals surface area contributed by atoms with Gasteiger partial charge in [0.2, 0.25) is 0 Å². The standard InChI is InChI=1S/C16H18BrNO/c17-13-8-5-9-14-15(13)12(10-18-14)16(19)11-6-3-1-2-4-7-11/h5,8-11,18H,1-4,6-7H2. The number of hydrogen-bond donors (Lipinski definition) is 1. The van der Waals surface area contributed by atoms with E-state index in [0.717, 1.165) is 33.8 Å². The SMILES string of the molecule is O=C(c1c[nH]c2cccc(Br)c12)C1CCCCCC1. The summed E-state index contributed by atoms with van der Waals surface area (Å²) in [5.74, 6) is 0.536. The van der Waals surface area contributed by atoms with E-state index in [2.05, 4.69) is 20.9 Å². The number of hydrogen-bond acceptors (Lipinski definition) is 1. The zero-order valence-corrected chi connectivity index (χ0v) is 12.5. The van der Waals surface area contributed by atoms with Gasteiger partial charge in [-0.15, -0.1) is 0 Å². The molecule has 0 aliphatic heterocycles. The third-order valence-corrected chi connectivity index (χ3v) is 4.81. The molecule has 0 saturated heterocycles. The number of ketones is 1. The van der Waals surface area contributed by atoms with Crippen molar-refractivity contribution in [1.82, 2.24) is 4.98 Å². The summed E-state index contributed by atoms with van der Waals surface area (Å²) < 4.78 is 1.00. The fourth-order valence-electron chi connectivity index (χ4n) is 3.10. The van der Waals surface area contributed by atoms with E-state index >= 15 is 0 Å². The van der Waals surface area contributed by atoms with Gasteiger partial charge < -0.3 is 4.98 Å². The number of fused-ring (bicyclic) bond motifs is 1. The van der Waals surface area contributed by atoms with E-state index in [1.54, 1.807) is 0 Å². The Morgan fingerprint density at radius 1 is 1.16 bits per heavy atom. The first-order valence-electron chi connectivity index (χ1n) is 7.07. The number of carbonyl (C=O) groups is 1. The summed E-state index contributed by atoms with van der Waals surface area (Å²) in [5.41, 5.74) is 1.89. The first-order valence-corrected chi connectivity index (χ1v) is 7.86. The number of H-pyrrole nitrogens is 1. The molecule has 0 spiro atoms. The highest BCUT2D eigenvalue weighted by Crippen LogP contribution is 2.32. The maximum absolute atomic E-state index is 12.7. The smallest absolute Gasteiger partial charge is 0.168 e. The van der Waals surface area contributed by atoms with E-state index in [9.17, 15) is 4.79 Å². The van der Waals surface area contributed by atoms with Gasteiger partial charge in [-0.25, -0.2) is 0 Å². The van der Waals surface area contributed by atoms with Crippen molar-refractivity contribution in [3.05, 3.63) is 34.4 Å². The molecule has 1 aromatic carbocycles. The van der Waals surface area contributed by atoms with Crippen LogP contribution in [0.3, 0.4) is 0 Å². The highest BCUT2D eigenvalue weighted by atomic mass is 79.9. The molecule has 3 rings (SSSR count). The van der Waals surface area contributed by atoms with Crippen molar-refractivity contribution in [2.45, 2.75) is 38.5 Å². The van der Waals surface area contributed by atoms with Crippen LogP contribution in [0.2, 0.25) is 0 Å². The van der Waals surface area contributed by atoms with Gasteiger partial charge in [-0.05, 0) is 25.0 Å². The Balaban J connectivity index is 1.97. The van der Waals surface area contributed by atoms with Crippen LogP contribution in [0, 0.1) is 5.92 Å². The Kier molecular flexibility index (Phi) is 3.74. The first-order chi connectivity index (χ1) is 9.27. The summed E-state index contributed by atoms with van der Waals surface area (Å²) in [7, 11) is 0. The maximum atomic E-state index is 12.7. The van der Waals surface area contributed by atoms with Crippen molar-refractivity contribution < 1.29 is 4.79 Å². The number of halogens is 1. The third-order valence-electron chi connectivity index (χ3n) is 4.15. The second-order valence-corrected chi connectivity index (χ2v) is 6.27. The molecule has 2 nitrogen and oxygen atoms in total. The minimum atomic E-state index is 0.216. The number of carbonyl (C=O) groups excluding carboxylic acids is 1. The number of Topliss-reactive ketones (excluding diaryl/α,β-unsaturated/α-hetero) is 1. The Morgan fingerprint density at radius 2 is 1.89 bits per heavy atom. The molecule has 0 bridgehead atoms. The normalized spacial score (nSPS) is 17.5. The molecule has 3 heteroatoms. The Bertz CT molecular complexity index is 594. The van der Waals surface area contributed by atoms with Crippen LogP contribution >= 0.6 is 15.9 Å². The van der Waals surface area contributed by atoms with Gasteiger partial charge in [0.15, 0.2) is 5.78 Å². The molecule has 0 radical (unpaired) electrons. The lowest BCUT2D eigenvalue weighted by atomic mass is 9.91. The molecule has 2 aromatic rings. The van der Waals surface area contributed by atoms with Gasteiger partial charge in [0.25, 0.3) is 0 Å². The molecule has 1 aromatic heterocycles. The Labute approximate surface area is 121 Å². The highest BCUT2D eigenvalue weighted by molar-refractivity contribution is 9.10. The third kappa shape index (κ3) is 2.48. The molecule has 1 N–H and O–H groups in total. The zero-order chi connectivity index (χ0) is 13.2. The lowest BCUT2D eigenvalue weighted by Crippen LogP contribution is -2.13. The van der Waals surface area contributed by atoms with E-state index in [4.69, 9.17) is 0 Å². The van der Waals surface area contributed by atoms with Gasteiger partial charge in [-0.3, -0.25) is 4.79 Å². The summed E-state index contributed by atoms with van der Waals surface area (Å²) in [6.07, 6.45) is 8.93. The predicted molar refractivity (Wildman–Crippen MR) is 81.5 cm³/mol. The van der Waals surface area contributed by atoms with E-state index in [0.29, 0.717) is 5.78 Å². The van der Waals surface area contributed by atoms with Crippen molar-refractivity contribution in [3.8, 4) is 0 Å². The molecule has 1 aliphatic carbocycles. The molecule has 1 saturated carbocycles. The molecule has 19 heavy (non-hydrogen) atoms. The molecule has 0 amide bonds. The predicted octanol–water partition coefficient (Wildman–Crippen LogP) is 5.08. The number of aromatic nitrogens is 1. The minimum absolute atomic E-state index is 0.216. The van der Waals surface area contributed by atoms with Crippen molar-refractivity contribution in [3.63, 3.8) is 0 Å². The maximum Gasteiger partial charge on any atom is 0.168 e. The van der Waals surface area contributed by atoms with Gasteiger partial charge in [0, 0.05) is 33.1 Å². The van der Waals surface area contributed by atoms with Gasteiger partial charge in [0.1, 0.15) is 0 Å². The van der Waals surface area contributed by atoms with Crippen LogP contribution in [0.1, 0.15) is 48.9 Å². The molecule has 1 heterocycles. The van der Waals surface area contributed by atoms with Gasteiger partial charge in [-0.2, -0.15) is 0 Å². The minimum Gasteiger partial charge on any atom is -0.360 e. The first kappa shape index (κ1) is 12.9. The lowest BCUT2D eigenvalue weighted by Gasteiger charge is -2.12. The largest absolute Gasteiger partial charge is 0.360 e. The summed E-state index contributed by atoms with van der Waals surface area (Å²) in [6.45, 7) is 0. The monoisotopic (exact) mass is 319 g/mol. The van der Waals surface area contributed by atoms with Crippen molar-refractivity contribution in [2.75, 3.05) is 0 Å². The Hall–Kier alpha value is -1.09. The second-order valence-electron chi connectivity index (χ2n) is 5.42. The lowest BCUT2D eigenvalue weighted by molar-refractivity contribution is 0.0909. The second kappa shape index (κ2) is 5.49. The van der Waals surface area contributed by atoms with E-state index < -0.39 is 0 Å². The molecule has 100 valence electrons. The number of nitrogens with one attached hydrogen (secondary N) is 1. The molecule has 0 unspecified atom stereocenters. The fourth-order valence-corrected chi connectivity index (χ4v) is 3.68. The zero-order valence-electron chi connectivity index (χ0n) is 10.9. The van der Waals surface area contributed by atoms with Gasteiger partial charge in [-0.1, -0.05) is 47.7 Å². The van der Waals surface area contributed by atoms with Gasteiger partial charge >= 0.3 is 0 Å².